The number of rotatable bonds is 6. The summed E-state index contributed by atoms with van der Waals surface area (Å²) in [6.07, 6.45) is 7.02. The first kappa shape index (κ1) is 17.4. The zero-order valence-corrected chi connectivity index (χ0v) is 14.3. The second-order valence-electron chi connectivity index (χ2n) is 6.63. The van der Waals surface area contributed by atoms with E-state index in [9.17, 15) is 15.0 Å². The van der Waals surface area contributed by atoms with Crippen LogP contribution in [-0.4, -0.2) is 38.7 Å². The van der Waals surface area contributed by atoms with Crippen LogP contribution < -0.4 is 0 Å². The van der Waals surface area contributed by atoms with Gasteiger partial charge in [0.25, 0.3) is 0 Å². The van der Waals surface area contributed by atoms with Crippen LogP contribution in [0.1, 0.15) is 47.3 Å². The zero-order valence-electron chi connectivity index (χ0n) is 14.3. The van der Waals surface area contributed by atoms with E-state index in [-0.39, 0.29) is 0 Å². The minimum Gasteiger partial charge on any atom is -0.508 e. The molecular formula is C20H24N2O3. The number of aromatic hydroxyl groups is 1. The van der Waals surface area contributed by atoms with Crippen molar-refractivity contribution in [2.24, 2.45) is 0 Å². The molecule has 2 N–H and O–H groups in total. The van der Waals surface area contributed by atoms with E-state index in [1.54, 1.807) is 24.4 Å². The molecule has 0 radical (unpaired) electrons. The first-order valence-electron chi connectivity index (χ1n) is 8.82. The predicted molar refractivity (Wildman–Crippen MR) is 95.7 cm³/mol. The highest BCUT2D eigenvalue weighted by Gasteiger charge is 2.24. The molecule has 2 aromatic rings. The maximum absolute atomic E-state index is 11.4. The van der Waals surface area contributed by atoms with Gasteiger partial charge in [-0.3, -0.25) is 9.88 Å². The van der Waals surface area contributed by atoms with Crippen molar-refractivity contribution in [1.82, 2.24) is 9.88 Å². The van der Waals surface area contributed by atoms with Crippen molar-refractivity contribution in [1.29, 1.82) is 0 Å². The van der Waals surface area contributed by atoms with Crippen molar-refractivity contribution in [3.05, 3.63) is 59.4 Å². The normalized spacial score (nSPS) is 18.2. The van der Waals surface area contributed by atoms with Crippen LogP contribution in [0.2, 0.25) is 0 Å². The molecule has 1 atom stereocenters. The van der Waals surface area contributed by atoms with Gasteiger partial charge in [0.05, 0.1) is 11.3 Å². The van der Waals surface area contributed by atoms with Gasteiger partial charge in [0.15, 0.2) is 0 Å². The molecule has 1 fully saturated rings. The SMILES string of the molecule is O=C(O)c1cccnc1CN1CCCC[C@@H]1CCc1cccc(O)c1. The van der Waals surface area contributed by atoms with Gasteiger partial charge >= 0.3 is 5.97 Å². The predicted octanol–water partition coefficient (Wildman–Crippen LogP) is 3.47. The molecule has 2 heterocycles. The molecule has 0 saturated carbocycles. The van der Waals surface area contributed by atoms with Gasteiger partial charge in [-0.25, -0.2) is 4.79 Å². The minimum absolute atomic E-state index is 0.291. The number of hydrogen-bond acceptors (Lipinski definition) is 4. The molecule has 1 aromatic carbocycles. The fourth-order valence-corrected chi connectivity index (χ4v) is 3.59. The van der Waals surface area contributed by atoms with Crippen LogP contribution in [-0.2, 0) is 13.0 Å². The molecule has 25 heavy (non-hydrogen) atoms. The van der Waals surface area contributed by atoms with Crippen molar-refractivity contribution >= 4 is 5.97 Å². The number of phenolic OH excluding ortho intramolecular Hbond substituents is 1. The summed E-state index contributed by atoms with van der Waals surface area (Å²) in [6, 6.07) is 11.1. The van der Waals surface area contributed by atoms with Crippen LogP contribution >= 0.6 is 0 Å². The topological polar surface area (TPSA) is 73.7 Å². The Balaban J connectivity index is 1.68. The summed E-state index contributed by atoms with van der Waals surface area (Å²) in [5.74, 6) is -0.617. The Bertz CT molecular complexity index is 732. The van der Waals surface area contributed by atoms with Crippen molar-refractivity contribution in [3.8, 4) is 5.75 Å². The van der Waals surface area contributed by atoms with E-state index >= 15 is 0 Å². The Kier molecular flexibility index (Phi) is 5.66. The second-order valence-corrected chi connectivity index (χ2v) is 6.63. The lowest BCUT2D eigenvalue weighted by Gasteiger charge is -2.35. The Morgan fingerprint density at radius 3 is 2.92 bits per heavy atom. The van der Waals surface area contributed by atoms with E-state index in [4.69, 9.17) is 0 Å². The molecule has 0 spiro atoms. The Morgan fingerprint density at radius 1 is 1.24 bits per heavy atom. The van der Waals surface area contributed by atoms with E-state index in [2.05, 4.69) is 9.88 Å². The Labute approximate surface area is 147 Å². The van der Waals surface area contributed by atoms with E-state index in [1.165, 1.54) is 6.42 Å². The summed E-state index contributed by atoms with van der Waals surface area (Å²) in [5.41, 5.74) is 2.06. The second kappa shape index (κ2) is 8.12. The summed E-state index contributed by atoms with van der Waals surface area (Å²) in [6.45, 7) is 1.55. The third-order valence-corrected chi connectivity index (χ3v) is 4.90. The van der Waals surface area contributed by atoms with E-state index in [0.717, 1.165) is 37.8 Å². The number of hydrogen-bond donors (Lipinski definition) is 2. The maximum Gasteiger partial charge on any atom is 0.337 e. The molecule has 0 unspecified atom stereocenters. The van der Waals surface area contributed by atoms with Gasteiger partial charge in [-0.1, -0.05) is 18.6 Å². The lowest BCUT2D eigenvalue weighted by molar-refractivity contribution is 0.0690. The number of carboxylic acid groups (broad SMARTS) is 1. The first-order chi connectivity index (χ1) is 12.1. The number of pyridine rings is 1. The van der Waals surface area contributed by atoms with Crippen LogP contribution in [0.15, 0.2) is 42.6 Å². The number of aromatic carboxylic acids is 1. The summed E-state index contributed by atoms with van der Waals surface area (Å²) in [7, 11) is 0. The molecular weight excluding hydrogens is 316 g/mol. The number of aromatic nitrogens is 1. The molecule has 5 nitrogen and oxygen atoms in total. The summed E-state index contributed by atoms with van der Waals surface area (Å²) < 4.78 is 0. The minimum atomic E-state index is -0.920. The number of carbonyl (C=O) groups is 1. The Hall–Kier alpha value is -2.40. The molecule has 1 aliphatic heterocycles. The standard InChI is InChI=1S/C20H24N2O3/c23-17-7-3-5-15(13-17)9-10-16-6-1-2-12-22(16)14-19-18(20(24)25)8-4-11-21-19/h3-5,7-8,11,13,16,23H,1-2,6,9-10,12,14H2,(H,24,25)/t16-/m1/s1. The van der Waals surface area contributed by atoms with Gasteiger partial charge < -0.3 is 10.2 Å². The number of carboxylic acids is 1. The van der Waals surface area contributed by atoms with Crippen molar-refractivity contribution in [2.75, 3.05) is 6.54 Å². The van der Waals surface area contributed by atoms with Crippen LogP contribution in [0, 0.1) is 0 Å². The molecule has 1 saturated heterocycles. The fraction of sp³-hybridized carbons (Fsp3) is 0.400. The fourth-order valence-electron chi connectivity index (χ4n) is 3.59. The molecule has 5 heteroatoms. The van der Waals surface area contributed by atoms with Gasteiger partial charge in [0.1, 0.15) is 5.75 Å². The van der Waals surface area contributed by atoms with Crippen molar-refractivity contribution in [3.63, 3.8) is 0 Å². The van der Waals surface area contributed by atoms with Gasteiger partial charge in [0.2, 0.25) is 0 Å². The lowest BCUT2D eigenvalue weighted by atomic mass is 9.95. The van der Waals surface area contributed by atoms with Gasteiger partial charge in [-0.05, 0) is 62.1 Å². The first-order valence-corrected chi connectivity index (χ1v) is 8.82. The van der Waals surface area contributed by atoms with Crippen LogP contribution in [0.4, 0.5) is 0 Å². The lowest BCUT2D eigenvalue weighted by Crippen LogP contribution is -2.39. The van der Waals surface area contributed by atoms with Gasteiger partial charge in [0, 0.05) is 18.8 Å². The number of nitrogens with zero attached hydrogens (tertiary/aromatic N) is 2. The number of piperidine rings is 1. The van der Waals surface area contributed by atoms with Crippen molar-refractivity contribution in [2.45, 2.75) is 44.7 Å². The molecule has 0 amide bonds. The zero-order chi connectivity index (χ0) is 17.6. The molecule has 1 aliphatic rings. The monoisotopic (exact) mass is 340 g/mol. The quantitative estimate of drug-likeness (QED) is 0.842. The largest absolute Gasteiger partial charge is 0.508 e. The third kappa shape index (κ3) is 4.57. The van der Waals surface area contributed by atoms with E-state index in [0.29, 0.717) is 29.6 Å². The highest BCUT2D eigenvalue weighted by molar-refractivity contribution is 5.88. The highest BCUT2D eigenvalue weighted by atomic mass is 16.4. The average Bonchev–Trinajstić information content (AvgIpc) is 2.61. The summed E-state index contributed by atoms with van der Waals surface area (Å²) in [4.78, 5) is 18.1. The van der Waals surface area contributed by atoms with Crippen LogP contribution in [0.5, 0.6) is 5.75 Å². The summed E-state index contributed by atoms with van der Waals surface area (Å²) >= 11 is 0. The molecule has 132 valence electrons. The van der Waals surface area contributed by atoms with Gasteiger partial charge in [-0.2, -0.15) is 0 Å². The number of benzene rings is 1. The van der Waals surface area contributed by atoms with Gasteiger partial charge in [-0.15, -0.1) is 0 Å². The number of phenols is 1. The smallest absolute Gasteiger partial charge is 0.337 e. The third-order valence-electron chi connectivity index (χ3n) is 4.90. The van der Waals surface area contributed by atoms with E-state index < -0.39 is 5.97 Å². The number of likely N-dealkylation sites (tertiary alicyclic amines) is 1. The maximum atomic E-state index is 11.4. The molecule has 0 bridgehead atoms. The van der Waals surface area contributed by atoms with Crippen molar-refractivity contribution < 1.29 is 15.0 Å². The number of aryl methyl sites for hydroxylation is 1. The average molecular weight is 340 g/mol. The Morgan fingerprint density at radius 2 is 2.12 bits per heavy atom. The summed E-state index contributed by atoms with van der Waals surface area (Å²) in [5, 5.41) is 19.0. The molecule has 0 aliphatic carbocycles. The molecule has 3 rings (SSSR count). The van der Waals surface area contributed by atoms with Crippen LogP contribution in [0.25, 0.3) is 0 Å². The molecule has 1 aromatic heterocycles. The highest BCUT2D eigenvalue weighted by Crippen LogP contribution is 2.24. The van der Waals surface area contributed by atoms with Crippen LogP contribution in [0.3, 0.4) is 0 Å². The van der Waals surface area contributed by atoms with E-state index in [1.807, 2.05) is 18.2 Å².